The first-order chi connectivity index (χ1) is 17.7. The third kappa shape index (κ3) is 5.00. The zero-order chi connectivity index (χ0) is 28.0. The highest BCUT2D eigenvalue weighted by atomic mass is 19.4. The Morgan fingerprint density at radius 3 is 2.42 bits per heavy atom. The van der Waals surface area contributed by atoms with Gasteiger partial charge in [-0.2, -0.15) is 18.4 Å². The summed E-state index contributed by atoms with van der Waals surface area (Å²) in [5.74, 6) is -2.54. The number of carbonyl (C=O) groups excluding carboxylic acids is 2. The van der Waals surface area contributed by atoms with Crippen LogP contribution in [0.3, 0.4) is 0 Å². The smallest absolute Gasteiger partial charge is 0.416 e. The number of esters is 1. The number of anilines is 1. The maximum absolute atomic E-state index is 13.5. The molecule has 2 aromatic carbocycles. The molecule has 3 N–H and O–H groups in total. The molecule has 0 bridgehead atoms. The predicted molar refractivity (Wildman–Crippen MR) is 131 cm³/mol. The lowest BCUT2D eigenvalue weighted by Gasteiger charge is -2.30. The van der Waals surface area contributed by atoms with Crippen molar-refractivity contribution in [2.45, 2.75) is 45.1 Å². The molecule has 2 heterocycles. The van der Waals surface area contributed by atoms with Gasteiger partial charge >= 0.3 is 12.1 Å². The van der Waals surface area contributed by atoms with Gasteiger partial charge in [0.25, 0.3) is 11.5 Å². The van der Waals surface area contributed by atoms with Crippen LogP contribution in [-0.2, 0) is 22.3 Å². The Morgan fingerprint density at radius 1 is 1.18 bits per heavy atom. The Balaban J connectivity index is 1.77. The molecule has 1 atom stereocenters. The number of nitrogens with one attached hydrogen (secondary N) is 2. The molecular formula is C26H23F3N4O5. The lowest BCUT2D eigenvalue weighted by Crippen LogP contribution is -2.39. The van der Waals surface area contributed by atoms with Crippen molar-refractivity contribution < 1.29 is 32.6 Å². The molecule has 3 aromatic rings. The number of nitriles is 1. The minimum atomic E-state index is -4.51. The molecule has 0 saturated heterocycles. The molecule has 0 aliphatic carbocycles. The van der Waals surface area contributed by atoms with E-state index >= 15 is 0 Å². The summed E-state index contributed by atoms with van der Waals surface area (Å²) in [5, 5.41) is 25.9. The van der Waals surface area contributed by atoms with Gasteiger partial charge in [0.1, 0.15) is 23.5 Å². The molecule has 198 valence electrons. The maximum Gasteiger partial charge on any atom is 0.416 e. The number of halogens is 3. The van der Waals surface area contributed by atoms with Crippen LogP contribution in [0.15, 0.2) is 41.2 Å². The lowest BCUT2D eigenvalue weighted by atomic mass is 9.97. The predicted octanol–water partition coefficient (Wildman–Crippen LogP) is 3.84. The van der Waals surface area contributed by atoms with Gasteiger partial charge in [0.15, 0.2) is 0 Å². The van der Waals surface area contributed by atoms with Crippen molar-refractivity contribution in [2.75, 3.05) is 11.9 Å². The fourth-order valence-corrected chi connectivity index (χ4v) is 4.29. The number of carbonyl (C=O) groups is 2. The van der Waals surface area contributed by atoms with Crippen molar-refractivity contribution >= 4 is 28.5 Å². The Hall–Kier alpha value is -4.53. The van der Waals surface area contributed by atoms with E-state index in [0.29, 0.717) is 11.3 Å². The summed E-state index contributed by atoms with van der Waals surface area (Å²) in [7, 11) is 0. The highest BCUT2D eigenvalue weighted by Crippen LogP contribution is 2.39. The van der Waals surface area contributed by atoms with Crippen LogP contribution < -0.4 is 16.2 Å². The van der Waals surface area contributed by atoms with Gasteiger partial charge in [0.05, 0.1) is 46.4 Å². The number of benzene rings is 2. The van der Waals surface area contributed by atoms with E-state index in [9.17, 15) is 37.9 Å². The third-order valence-electron chi connectivity index (χ3n) is 5.88. The second kappa shape index (κ2) is 9.41. The molecule has 0 spiro atoms. The molecule has 1 aliphatic heterocycles. The minimum absolute atomic E-state index is 0.00836. The van der Waals surface area contributed by atoms with E-state index in [1.165, 1.54) is 28.8 Å². The van der Waals surface area contributed by atoms with E-state index in [-0.39, 0.29) is 23.0 Å². The Labute approximate surface area is 214 Å². The molecule has 0 radical (unpaired) electrons. The number of aromatic nitrogens is 1. The average Bonchev–Trinajstić information content (AvgIpc) is 2.84. The Bertz CT molecular complexity index is 1550. The van der Waals surface area contributed by atoms with Crippen molar-refractivity contribution in [3.8, 4) is 11.8 Å². The normalized spacial score (nSPS) is 14.9. The van der Waals surface area contributed by atoms with Gasteiger partial charge < -0.3 is 25.0 Å². The molecule has 1 aliphatic rings. The first kappa shape index (κ1) is 26.5. The average molecular weight is 528 g/mol. The van der Waals surface area contributed by atoms with Crippen molar-refractivity contribution in [2.24, 2.45) is 0 Å². The summed E-state index contributed by atoms with van der Waals surface area (Å²) >= 11 is 0. The van der Waals surface area contributed by atoms with Crippen molar-refractivity contribution in [3.05, 3.63) is 69.0 Å². The molecule has 4 rings (SSSR count). The van der Waals surface area contributed by atoms with Gasteiger partial charge in [-0.25, -0.2) is 0 Å². The monoisotopic (exact) mass is 528 g/mol. The zero-order valence-electron chi connectivity index (χ0n) is 20.6. The lowest BCUT2D eigenvalue weighted by molar-refractivity contribution is -0.153. The van der Waals surface area contributed by atoms with Gasteiger partial charge in [-0.05, 0) is 50.6 Å². The van der Waals surface area contributed by atoms with E-state index in [2.05, 4.69) is 10.6 Å². The number of rotatable bonds is 4. The summed E-state index contributed by atoms with van der Waals surface area (Å²) in [6.45, 7) is 4.23. The van der Waals surface area contributed by atoms with Crippen molar-refractivity contribution in [1.29, 1.82) is 5.26 Å². The number of amides is 1. The van der Waals surface area contributed by atoms with Gasteiger partial charge in [-0.1, -0.05) is 12.1 Å². The van der Waals surface area contributed by atoms with Gasteiger partial charge in [0.2, 0.25) is 0 Å². The fraction of sp³-hybridized carbons (Fsp3) is 0.308. The van der Waals surface area contributed by atoms with Crippen molar-refractivity contribution in [1.82, 2.24) is 9.88 Å². The molecule has 1 unspecified atom stereocenters. The second-order valence-electron chi connectivity index (χ2n) is 9.72. The second-order valence-corrected chi connectivity index (χ2v) is 9.72. The van der Waals surface area contributed by atoms with E-state index in [1.807, 2.05) is 6.07 Å². The molecule has 9 nitrogen and oxygen atoms in total. The number of hydrogen-bond donors (Lipinski definition) is 3. The molecule has 38 heavy (non-hydrogen) atoms. The quantitative estimate of drug-likeness (QED) is 0.438. The minimum Gasteiger partial charge on any atom is -0.506 e. The Kier molecular flexibility index (Phi) is 6.57. The van der Waals surface area contributed by atoms with Crippen molar-refractivity contribution in [3.63, 3.8) is 0 Å². The number of ether oxygens (including phenoxy) is 1. The third-order valence-corrected chi connectivity index (χ3v) is 5.88. The van der Waals surface area contributed by atoms with E-state index in [4.69, 9.17) is 4.74 Å². The molecule has 0 fully saturated rings. The maximum atomic E-state index is 13.5. The molecule has 0 saturated carbocycles. The van der Waals surface area contributed by atoms with Gasteiger partial charge in [-0.3, -0.25) is 14.4 Å². The molecular weight excluding hydrogens is 505 g/mol. The topological polar surface area (TPSA) is 133 Å². The highest BCUT2D eigenvalue weighted by molar-refractivity contribution is 6.07. The summed E-state index contributed by atoms with van der Waals surface area (Å²) < 4.78 is 45.3. The zero-order valence-corrected chi connectivity index (χ0v) is 20.6. The number of nitrogens with zero attached hydrogens (tertiary/aromatic N) is 2. The molecule has 12 heteroatoms. The van der Waals surface area contributed by atoms with Crippen LogP contribution in [0.4, 0.5) is 18.9 Å². The Morgan fingerprint density at radius 2 is 1.84 bits per heavy atom. The number of pyridine rings is 1. The van der Waals surface area contributed by atoms with Crippen LogP contribution in [0.1, 0.15) is 53.9 Å². The molecule has 1 aromatic heterocycles. The van der Waals surface area contributed by atoms with Crippen LogP contribution in [-0.4, -0.2) is 33.7 Å². The van der Waals surface area contributed by atoms with Crippen LogP contribution in [0.5, 0.6) is 5.75 Å². The first-order valence-corrected chi connectivity index (χ1v) is 11.5. The number of aromatic hydroxyl groups is 1. The van der Waals surface area contributed by atoms with E-state index in [0.717, 1.165) is 12.1 Å². The van der Waals surface area contributed by atoms with Crippen LogP contribution in [0, 0.1) is 11.3 Å². The SMILES string of the molecule is CC(C)(C)OC(=O)CNC(=O)c1c(O)c2c(C#N)ccc3c2n(c1=O)CC(c1ccc(C(F)(F)F)cc1)N3. The number of alkyl halides is 3. The van der Waals surface area contributed by atoms with E-state index < -0.39 is 58.7 Å². The summed E-state index contributed by atoms with van der Waals surface area (Å²) in [6, 6.07) is 8.57. The van der Waals surface area contributed by atoms with Gasteiger partial charge in [-0.15, -0.1) is 0 Å². The standard InChI is InChI=1S/C26H23F3N4O5/c1-25(2,3)38-18(34)11-31-23(36)20-22(35)19-14(10-30)6-9-16-21(19)33(24(20)37)12-17(32-16)13-4-7-15(8-5-13)26(27,28)29/h4-9,17,32,35H,11-12H2,1-3H3,(H,31,36). The number of hydrogen-bond acceptors (Lipinski definition) is 7. The summed E-state index contributed by atoms with van der Waals surface area (Å²) in [5.41, 5.74) is -2.28. The largest absolute Gasteiger partial charge is 0.506 e. The van der Waals surface area contributed by atoms with Gasteiger partial charge in [0, 0.05) is 0 Å². The van der Waals surface area contributed by atoms with E-state index in [1.54, 1.807) is 20.8 Å². The molecule has 1 amide bonds. The van der Waals surface area contributed by atoms with Crippen LogP contribution in [0.2, 0.25) is 0 Å². The summed E-state index contributed by atoms with van der Waals surface area (Å²) in [4.78, 5) is 38.5. The van der Waals surface area contributed by atoms with Crippen LogP contribution in [0.25, 0.3) is 10.9 Å². The van der Waals surface area contributed by atoms with Crippen LogP contribution >= 0.6 is 0 Å². The summed E-state index contributed by atoms with van der Waals surface area (Å²) in [6.07, 6.45) is -4.51. The first-order valence-electron chi connectivity index (χ1n) is 11.5. The fourth-order valence-electron chi connectivity index (χ4n) is 4.29. The highest BCUT2D eigenvalue weighted by Gasteiger charge is 2.32.